The van der Waals surface area contributed by atoms with E-state index in [-0.39, 0.29) is 17.4 Å². The minimum Gasteiger partial charge on any atom is -0.507 e. The highest BCUT2D eigenvalue weighted by atomic mass is 79.9. The zero-order valence-electron chi connectivity index (χ0n) is 19.8. The summed E-state index contributed by atoms with van der Waals surface area (Å²) in [6.45, 7) is 6.98. The van der Waals surface area contributed by atoms with Gasteiger partial charge < -0.3 is 19.6 Å². The average molecular weight is 515 g/mol. The molecule has 0 spiro atoms. The van der Waals surface area contributed by atoms with Crippen LogP contribution in [0.5, 0.6) is 5.75 Å². The van der Waals surface area contributed by atoms with Gasteiger partial charge in [-0.25, -0.2) is 0 Å². The van der Waals surface area contributed by atoms with Gasteiger partial charge in [-0.15, -0.1) is 0 Å². The van der Waals surface area contributed by atoms with Crippen molar-refractivity contribution in [3.63, 3.8) is 0 Å². The Morgan fingerprint density at radius 3 is 2.52 bits per heavy atom. The number of carbonyl (C=O) groups excluding carboxylic acids is 2. The molecule has 1 atom stereocenters. The van der Waals surface area contributed by atoms with Gasteiger partial charge in [-0.1, -0.05) is 28.1 Å². The molecule has 7 heteroatoms. The van der Waals surface area contributed by atoms with Gasteiger partial charge in [0, 0.05) is 16.6 Å². The molecule has 0 bridgehead atoms. The maximum Gasteiger partial charge on any atom is 0.295 e. The topological polar surface area (TPSA) is 70.1 Å². The van der Waals surface area contributed by atoms with Crippen molar-refractivity contribution in [1.29, 1.82) is 0 Å². The molecule has 1 unspecified atom stereocenters. The van der Waals surface area contributed by atoms with E-state index in [1.54, 1.807) is 23.1 Å². The molecule has 1 heterocycles. The van der Waals surface area contributed by atoms with Gasteiger partial charge in [-0.3, -0.25) is 9.59 Å². The molecule has 6 nitrogen and oxygen atoms in total. The summed E-state index contributed by atoms with van der Waals surface area (Å²) in [5, 5.41) is 11.3. The fourth-order valence-electron chi connectivity index (χ4n) is 4.03. The lowest BCUT2D eigenvalue weighted by atomic mass is 9.94. The van der Waals surface area contributed by atoms with Crippen LogP contribution in [0.4, 0.5) is 0 Å². The molecule has 0 aromatic heterocycles. The molecule has 3 rings (SSSR count). The number of halogens is 1. The third kappa shape index (κ3) is 5.65. The van der Waals surface area contributed by atoms with Crippen molar-refractivity contribution in [3.8, 4) is 5.75 Å². The molecule has 1 aliphatic heterocycles. The normalized spacial score (nSPS) is 17.9. The van der Waals surface area contributed by atoms with Crippen molar-refractivity contribution in [2.75, 3.05) is 27.2 Å². The summed E-state index contributed by atoms with van der Waals surface area (Å²) in [5.41, 5.74) is 2.20. The van der Waals surface area contributed by atoms with Crippen LogP contribution in [-0.4, -0.2) is 59.9 Å². The first-order valence-corrected chi connectivity index (χ1v) is 11.9. The Hall–Kier alpha value is -2.64. The zero-order chi connectivity index (χ0) is 24.3. The number of likely N-dealkylation sites (tertiary alicyclic amines) is 1. The largest absolute Gasteiger partial charge is 0.507 e. The van der Waals surface area contributed by atoms with Crippen LogP contribution in [0.15, 0.2) is 52.5 Å². The minimum atomic E-state index is -0.664. The molecule has 1 N–H and O–H groups in total. The monoisotopic (exact) mass is 514 g/mol. The van der Waals surface area contributed by atoms with Gasteiger partial charge in [0.2, 0.25) is 0 Å². The fourth-order valence-corrected chi connectivity index (χ4v) is 4.45. The summed E-state index contributed by atoms with van der Waals surface area (Å²) < 4.78 is 6.63. The minimum absolute atomic E-state index is 0.0205. The second-order valence-corrected chi connectivity index (χ2v) is 9.77. The number of rotatable bonds is 8. The number of hydrogen-bond acceptors (Lipinski definition) is 5. The average Bonchev–Trinajstić information content (AvgIpc) is 2.99. The van der Waals surface area contributed by atoms with Crippen LogP contribution in [0, 0.1) is 6.92 Å². The van der Waals surface area contributed by atoms with E-state index in [4.69, 9.17) is 4.74 Å². The van der Waals surface area contributed by atoms with E-state index < -0.39 is 17.7 Å². The van der Waals surface area contributed by atoms with E-state index in [9.17, 15) is 14.7 Å². The van der Waals surface area contributed by atoms with Crippen LogP contribution in [0.3, 0.4) is 0 Å². The number of aliphatic hydroxyl groups is 1. The van der Waals surface area contributed by atoms with Gasteiger partial charge in [0.05, 0.1) is 17.7 Å². The van der Waals surface area contributed by atoms with Crippen molar-refractivity contribution in [1.82, 2.24) is 9.80 Å². The van der Waals surface area contributed by atoms with Gasteiger partial charge in [0.25, 0.3) is 11.7 Å². The van der Waals surface area contributed by atoms with Gasteiger partial charge in [0.15, 0.2) is 0 Å². The first kappa shape index (κ1) is 25.0. The summed E-state index contributed by atoms with van der Waals surface area (Å²) in [7, 11) is 3.93. The number of aryl methyl sites for hydroxylation is 1. The summed E-state index contributed by atoms with van der Waals surface area (Å²) in [5.74, 6) is -0.707. The van der Waals surface area contributed by atoms with Gasteiger partial charge in [-0.05, 0) is 89.3 Å². The smallest absolute Gasteiger partial charge is 0.295 e. The molecule has 33 heavy (non-hydrogen) atoms. The Labute approximate surface area is 204 Å². The number of Topliss-reactive ketones (excluding diaryl/α,β-unsaturated/α-hetero) is 1. The highest BCUT2D eigenvalue weighted by molar-refractivity contribution is 9.10. The molecule has 0 saturated carbocycles. The zero-order valence-corrected chi connectivity index (χ0v) is 21.3. The highest BCUT2D eigenvalue weighted by Crippen LogP contribution is 2.40. The second kappa shape index (κ2) is 10.5. The molecular formula is C26H31BrN2O4. The van der Waals surface area contributed by atoms with E-state index in [2.05, 4.69) is 15.9 Å². The van der Waals surface area contributed by atoms with E-state index in [1.807, 2.05) is 64.0 Å². The van der Waals surface area contributed by atoms with Crippen LogP contribution >= 0.6 is 15.9 Å². The number of benzene rings is 2. The summed E-state index contributed by atoms with van der Waals surface area (Å²) >= 11 is 3.48. The van der Waals surface area contributed by atoms with Crippen molar-refractivity contribution in [2.24, 2.45) is 0 Å². The number of amides is 1. The number of ketones is 1. The number of ether oxygens (including phenoxy) is 1. The maximum atomic E-state index is 13.1. The number of hydrogen-bond donors (Lipinski definition) is 1. The lowest BCUT2D eigenvalue weighted by molar-refractivity contribution is -0.139. The summed E-state index contributed by atoms with van der Waals surface area (Å²) in [4.78, 5) is 29.8. The SMILES string of the molecule is Cc1cc(/C(O)=C2/C(=O)C(=O)N(CCCN(C)C)C2c2cccc(Br)c2)ccc1OC(C)C. The van der Waals surface area contributed by atoms with Crippen molar-refractivity contribution < 1.29 is 19.4 Å². The number of aliphatic hydroxyl groups excluding tert-OH is 1. The third-order valence-corrected chi connectivity index (χ3v) is 6.01. The Morgan fingerprint density at radius 2 is 1.91 bits per heavy atom. The van der Waals surface area contributed by atoms with E-state index in [0.717, 1.165) is 22.1 Å². The van der Waals surface area contributed by atoms with Crippen LogP contribution in [-0.2, 0) is 9.59 Å². The third-order valence-electron chi connectivity index (χ3n) is 5.52. The van der Waals surface area contributed by atoms with Gasteiger partial charge >= 0.3 is 0 Å². The summed E-state index contributed by atoms with van der Waals surface area (Å²) in [6, 6.07) is 12.1. The first-order valence-electron chi connectivity index (χ1n) is 11.1. The molecule has 176 valence electrons. The van der Waals surface area contributed by atoms with Gasteiger partial charge in [0.1, 0.15) is 11.5 Å². The van der Waals surface area contributed by atoms with Crippen LogP contribution in [0.1, 0.15) is 43.0 Å². The predicted octanol–water partition coefficient (Wildman–Crippen LogP) is 4.92. The molecule has 0 radical (unpaired) electrons. The Bertz CT molecular complexity index is 1080. The molecular weight excluding hydrogens is 484 g/mol. The molecule has 0 aliphatic carbocycles. The predicted molar refractivity (Wildman–Crippen MR) is 133 cm³/mol. The number of carbonyl (C=O) groups is 2. The Morgan fingerprint density at radius 1 is 1.18 bits per heavy atom. The Kier molecular flexibility index (Phi) is 7.97. The van der Waals surface area contributed by atoms with E-state index in [0.29, 0.717) is 24.3 Å². The van der Waals surface area contributed by atoms with E-state index in [1.165, 1.54) is 0 Å². The van der Waals surface area contributed by atoms with Crippen LogP contribution in [0.25, 0.3) is 5.76 Å². The molecule has 1 amide bonds. The standard InChI is InChI=1S/C26H31BrN2O4/c1-16(2)33-21-11-10-19(14-17(21)3)24(30)22-23(18-8-6-9-20(27)15-18)29(26(32)25(22)31)13-7-12-28(4)5/h6,8-11,14-16,23,30H,7,12-13H2,1-5H3/b24-22-. The van der Waals surface area contributed by atoms with Crippen molar-refractivity contribution in [2.45, 2.75) is 39.3 Å². The van der Waals surface area contributed by atoms with Crippen molar-refractivity contribution >= 4 is 33.4 Å². The van der Waals surface area contributed by atoms with Crippen molar-refractivity contribution in [3.05, 3.63) is 69.2 Å². The lowest BCUT2D eigenvalue weighted by Crippen LogP contribution is -2.32. The number of nitrogens with zero attached hydrogens (tertiary/aromatic N) is 2. The molecule has 1 fully saturated rings. The quantitative estimate of drug-likeness (QED) is 0.307. The Balaban J connectivity index is 2.08. The van der Waals surface area contributed by atoms with Crippen LogP contribution in [0.2, 0.25) is 0 Å². The lowest BCUT2D eigenvalue weighted by Gasteiger charge is -2.26. The molecule has 2 aromatic carbocycles. The molecule has 1 saturated heterocycles. The molecule has 2 aromatic rings. The van der Waals surface area contributed by atoms with Gasteiger partial charge in [-0.2, -0.15) is 0 Å². The first-order chi connectivity index (χ1) is 15.6. The highest BCUT2D eigenvalue weighted by Gasteiger charge is 2.45. The van der Waals surface area contributed by atoms with Crippen LogP contribution < -0.4 is 4.74 Å². The summed E-state index contributed by atoms with van der Waals surface area (Å²) in [6.07, 6.45) is 0.734. The maximum absolute atomic E-state index is 13.1. The van der Waals surface area contributed by atoms with E-state index >= 15 is 0 Å². The fraction of sp³-hybridized carbons (Fsp3) is 0.385. The molecule has 1 aliphatic rings. The second-order valence-electron chi connectivity index (χ2n) is 8.85.